The van der Waals surface area contributed by atoms with Gasteiger partial charge in [-0.15, -0.1) is 0 Å². The van der Waals surface area contributed by atoms with E-state index in [1.807, 2.05) is 91.4 Å². The molecule has 0 saturated heterocycles. The highest BCUT2D eigenvalue weighted by Gasteiger charge is 2.26. The Morgan fingerprint density at radius 2 is 0.652 bits per heavy atom. The van der Waals surface area contributed by atoms with Crippen LogP contribution in [0.1, 0.15) is 71.2 Å². The molecule has 10 aromatic rings. The highest BCUT2D eigenvalue weighted by Crippen LogP contribution is 2.31. The lowest BCUT2D eigenvalue weighted by Gasteiger charge is -2.24. The van der Waals surface area contributed by atoms with Crippen molar-refractivity contribution in [1.82, 2.24) is 43.6 Å². The molecule has 1 aromatic carbocycles. The van der Waals surface area contributed by atoms with E-state index in [-0.39, 0.29) is 0 Å². The first kappa shape index (κ1) is 44.6. The van der Waals surface area contributed by atoms with E-state index in [4.69, 9.17) is 15.0 Å². The van der Waals surface area contributed by atoms with Gasteiger partial charge in [0, 0.05) is 35.3 Å². The Morgan fingerprint density at radius 3 is 0.928 bits per heavy atom. The molecule has 0 radical (unpaired) electrons. The van der Waals surface area contributed by atoms with Crippen LogP contribution < -0.4 is 13.7 Å². The van der Waals surface area contributed by atoms with E-state index in [1.54, 1.807) is 0 Å². The van der Waals surface area contributed by atoms with E-state index in [0.717, 1.165) is 90.1 Å². The average molecular weight is 910 g/mol. The predicted molar refractivity (Wildman–Crippen MR) is 265 cm³/mol. The van der Waals surface area contributed by atoms with Gasteiger partial charge in [0.1, 0.15) is 76.4 Å². The summed E-state index contributed by atoms with van der Waals surface area (Å²) in [5.74, 6) is 0. The minimum absolute atomic E-state index is 0.660. The highest BCUT2D eigenvalue weighted by atomic mass is 15.1. The third-order valence-corrected chi connectivity index (χ3v) is 12.7. The largest absolute Gasteiger partial charge is 0.255 e. The number of hydrogen-bond acceptors (Lipinski definition) is 6. The fourth-order valence-electron chi connectivity index (χ4n) is 9.61. The molecule has 0 saturated carbocycles. The zero-order valence-corrected chi connectivity index (χ0v) is 39.6. The van der Waals surface area contributed by atoms with Gasteiger partial charge in [-0.25, -0.2) is 42.4 Å². The molecule has 0 atom stereocenters. The van der Waals surface area contributed by atoms with Crippen molar-refractivity contribution in [3.8, 4) is 34.2 Å². The second kappa shape index (κ2) is 20.7. The average Bonchev–Trinajstić information content (AvgIpc) is 4.17. The quantitative estimate of drug-likeness (QED) is 0.0804. The molecule has 0 spiro atoms. The standard InChI is InChI=1S/C57H57N12/c1-4-46-49(37-67-31-28-64(40-67)34-43-16-13-22-55(61-43)52-19-7-10-25-58-52)47(5-2)51(39-69-33-30-66(42-69)36-45-18-15-24-57(63-45)54-21-9-12-27-60-54)48(6-3)50(46)38-68-32-29-65(41-68)35-44-17-14-23-56(62-44)53-20-8-11-26-59-53/h7-33,40-42H,4-6,34-39H2,1-3H3/q+3. The van der Waals surface area contributed by atoms with Gasteiger partial charge in [-0.3, -0.25) is 15.0 Å². The van der Waals surface area contributed by atoms with Crippen molar-refractivity contribution in [3.05, 3.63) is 234 Å². The lowest BCUT2D eigenvalue weighted by atomic mass is 9.83. The zero-order chi connectivity index (χ0) is 46.9. The highest BCUT2D eigenvalue weighted by molar-refractivity contribution is 5.56. The van der Waals surface area contributed by atoms with Crippen molar-refractivity contribution in [2.75, 3.05) is 0 Å². The van der Waals surface area contributed by atoms with Crippen LogP contribution in [0.15, 0.2) is 184 Å². The third kappa shape index (κ3) is 10.4. The van der Waals surface area contributed by atoms with Crippen molar-refractivity contribution in [1.29, 1.82) is 0 Å². The summed E-state index contributed by atoms with van der Waals surface area (Å²) in [4.78, 5) is 28.5. The summed E-state index contributed by atoms with van der Waals surface area (Å²) in [7, 11) is 0. The van der Waals surface area contributed by atoms with Gasteiger partial charge >= 0.3 is 0 Å². The molecule has 0 aliphatic rings. The van der Waals surface area contributed by atoms with Gasteiger partial charge in [0.2, 0.25) is 19.0 Å². The van der Waals surface area contributed by atoms with Crippen LogP contribution in [0.3, 0.4) is 0 Å². The molecule has 69 heavy (non-hydrogen) atoms. The number of imidazole rings is 3. The summed E-state index contributed by atoms with van der Waals surface area (Å²) >= 11 is 0. The van der Waals surface area contributed by atoms with Crippen LogP contribution in [0.25, 0.3) is 34.2 Å². The fourth-order valence-corrected chi connectivity index (χ4v) is 9.61. The van der Waals surface area contributed by atoms with E-state index in [9.17, 15) is 0 Å². The Hall–Kier alpha value is -8.25. The molecule has 12 heteroatoms. The lowest BCUT2D eigenvalue weighted by Crippen LogP contribution is -2.38. The van der Waals surface area contributed by atoms with Crippen LogP contribution in [0.5, 0.6) is 0 Å². The maximum absolute atomic E-state index is 4.98. The summed E-state index contributed by atoms with van der Waals surface area (Å²) in [5.41, 5.74) is 16.8. The number of pyridine rings is 6. The van der Waals surface area contributed by atoms with Gasteiger partial charge in [-0.1, -0.05) is 57.2 Å². The molecule has 9 aromatic heterocycles. The van der Waals surface area contributed by atoms with Crippen LogP contribution in [0.2, 0.25) is 0 Å². The van der Waals surface area contributed by atoms with Crippen molar-refractivity contribution in [2.45, 2.75) is 79.3 Å². The Kier molecular flexibility index (Phi) is 13.4. The van der Waals surface area contributed by atoms with Crippen molar-refractivity contribution >= 4 is 0 Å². The van der Waals surface area contributed by atoms with Crippen molar-refractivity contribution in [2.24, 2.45) is 0 Å². The normalized spacial score (nSPS) is 11.3. The van der Waals surface area contributed by atoms with Crippen LogP contribution >= 0.6 is 0 Å². The SMILES string of the molecule is CCc1c(C[n+]2ccn(Cc3cccc(-c4ccccn4)n3)c2)c(CC)c(C[n+]2ccn(Cc3cccc(-c4ccccn4)n3)c2)c(CC)c1C[n+]1ccn(Cc2cccc(-c3ccccn3)n2)c1. The number of rotatable bonds is 18. The first-order valence-electron chi connectivity index (χ1n) is 23.9. The minimum Gasteiger partial charge on any atom is -0.255 e. The molecular formula is C57H57N12+3. The summed E-state index contributed by atoms with van der Waals surface area (Å²) in [6.07, 6.45) is 28.0. The summed E-state index contributed by atoms with van der Waals surface area (Å²) < 4.78 is 13.7. The molecule has 0 aliphatic carbocycles. The third-order valence-electron chi connectivity index (χ3n) is 12.7. The minimum atomic E-state index is 0.660. The van der Waals surface area contributed by atoms with Gasteiger partial charge in [0.25, 0.3) is 0 Å². The molecule has 10 rings (SSSR count). The smallest absolute Gasteiger partial charge is 0.244 e. The Balaban J connectivity index is 0.970. The maximum Gasteiger partial charge on any atom is 0.244 e. The maximum atomic E-state index is 4.98. The van der Waals surface area contributed by atoms with E-state index < -0.39 is 0 Å². The predicted octanol–water partition coefficient (Wildman–Crippen LogP) is 8.30. The van der Waals surface area contributed by atoms with E-state index in [0.29, 0.717) is 19.6 Å². The van der Waals surface area contributed by atoms with Gasteiger partial charge in [-0.2, -0.15) is 0 Å². The fraction of sp³-hybridized carbons (Fsp3) is 0.211. The van der Waals surface area contributed by atoms with Crippen molar-refractivity contribution < 1.29 is 13.7 Å². The number of hydrogen-bond donors (Lipinski definition) is 0. The monoisotopic (exact) mass is 909 g/mol. The molecular weight excluding hydrogens is 853 g/mol. The lowest BCUT2D eigenvalue weighted by molar-refractivity contribution is -0.690. The zero-order valence-electron chi connectivity index (χ0n) is 39.6. The molecule has 0 aliphatic heterocycles. The van der Waals surface area contributed by atoms with E-state index >= 15 is 0 Å². The Labute approximate surface area is 403 Å². The summed E-state index contributed by atoms with van der Waals surface area (Å²) in [6.45, 7) is 11.2. The second-order valence-corrected chi connectivity index (χ2v) is 17.4. The topological polar surface area (TPSA) is 104 Å². The Bertz CT molecular complexity index is 2930. The molecule has 0 N–H and O–H groups in total. The van der Waals surface area contributed by atoms with Gasteiger partial charge in [0.15, 0.2) is 0 Å². The molecule has 342 valence electrons. The molecule has 0 amide bonds. The Morgan fingerprint density at radius 1 is 0.348 bits per heavy atom. The first-order chi connectivity index (χ1) is 34.0. The van der Waals surface area contributed by atoms with E-state index in [2.05, 4.69) is 156 Å². The van der Waals surface area contributed by atoms with Gasteiger partial charge in [-0.05, 0) is 109 Å². The van der Waals surface area contributed by atoms with Gasteiger partial charge < -0.3 is 0 Å². The molecule has 12 nitrogen and oxygen atoms in total. The van der Waals surface area contributed by atoms with Crippen LogP contribution in [-0.4, -0.2) is 43.6 Å². The number of nitrogens with zero attached hydrogens (tertiary/aromatic N) is 12. The second-order valence-electron chi connectivity index (χ2n) is 17.4. The van der Waals surface area contributed by atoms with Crippen LogP contribution in [0.4, 0.5) is 0 Å². The van der Waals surface area contributed by atoms with Crippen molar-refractivity contribution in [3.63, 3.8) is 0 Å². The number of aromatic nitrogens is 12. The molecule has 0 bridgehead atoms. The van der Waals surface area contributed by atoms with Gasteiger partial charge in [0.05, 0.1) is 51.2 Å². The molecule has 9 heterocycles. The summed E-state index contributed by atoms with van der Waals surface area (Å²) in [5, 5.41) is 0. The number of benzene rings is 1. The van der Waals surface area contributed by atoms with Crippen LogP contribution in [-0.2, 0) is 58.5 Å². The first-order valence-corrected chi connectivity index (χ1v) is 23.9. The van der Waals surface area contributed by atoms with Crippen LogP contribution in [0, 0.1) is 0 Å². The molecule has 0 unspecified atom stereocenters. The molecule has 0 fully saturated rings. The van der Waals surface area contributed by atoms with E-state index in [1.165, 1.54) is 33.4 Å². The summed E-state index contributed by atoms with van der Waals surface area (Å²) in [6, 6.07) is 36.3.